The van der Waals surface area contributed by atoms with E-state index in [1.807, 2.05) is 22.8 Å². The molecule has 0 aliphatic heterocycles. The highest BCUT2D eigenvalue weighted by Gasteiger charge is 2.17. The van der Waals surface area contributed by atoms with Gasteiger partial charge in [0.05, 0.1) is 11.8 Å². The molecule has 0 saturated carbocycles. The molecule has 1 atom stereocenters. The quantitative estimate of drug-likeness (QED) is 0.738. The molecule has 1 aromatic carbocycles. The molecule has 1 amide bonds. The van der Waals surface area contributed by atoms with Crippen LogP contribution in [-0.2, 0) is 4.79 Å². The number of carbonyl (C=O) groups excluding carboxylic acids is 1. The third kappa shape index (κ3) is 5.37. The third-order valence-corrected chi connectivity index (χ3v) is 4.63. The monoisotopic (exact) mass is 346 g/mol. The maximum atomic E-state index is 12.4. The van der Waals surface area contributed by atoms with E-state index in [0.717, 1.165) is 17.1 Å². The minimum absolute atomic E-state index is 0.0211. The maximum absolute atomic E-state index is 12.4. The van der Waals surface area contributed by atoms with Gasteiger partial charge in [0.15, 0.2) is 5.16 Å². The van der Waals surface area contributed by atoms with Crippen molar-refractivity contribution in [3.05, 3.63) is 42.2 Å². The van der Waals surface area contributed by atoms with E-state index in [9.17, 15) is 4.79 Å². The van der Waals surface area contributed by atoms with E-state index >= 15 is 0 Å². The van der Waals surface area contributed by atoms with Crippen molar-refractivity contribution in [2.45, 2.75) is 51.4 Å². The van der Waals surface area contributed by atoms with E-state index in [4.69, 9.17) is 0 Å². The normalized spacial score (nSPS) is 12.6. The Hall–Kier alpha value is -1.82. The number of benzene rings is 1. The van der Waals surface area contributed by atoms with Gasteiger partial charge in [-0.2, -0.15) is 0 Å². The van der Waals surface area contributed by atoms with Crippen LogP contribution < -0.4 is 5.32 Å². The third-order valence-electron chi connectivity index (χ3n) is 3.67. The molecule has 0 unspecified atom stereocenters. The molecule has 0 spiro atoms. The molecule has 0 aliphatic carbocycles. The molecule has 0 bridgehead atoms. The zero-order chi connectivity index (χ0) is 17.5. The first-order valence-corrected chi connectivity index (χ1v) is 9.32. The van der Waals surface area contributed by atoms with Crippen molar-refractivity contribution in [1.29, 1.82) is 0 Å². The lowest BCUT2D eigenvalue weighted by Gasteiger charge is -2.21. The zero-order valence-corrected chi connectivity index (χ0v) is 15.6. The Labute approximate surface area is 148 Å². The summed E-state index contributed by atoms with van der Waals surface area (Å²) in [4.78, 5) is 12.4. The van der Waals surface area contributed by atoms with Crippen molar-refractivity contribution < 1.29 is 4.79 Å². The summed E-state index contributed by atoms with van der Waals surface area (Å²) >= 11 is 1.42. The molecule has 24 heavy (non-hydrogen) atoms. The average molecular weight is 347 g/mol. The first kappa shape index (κ1) is 18.5. The SMILES string of the molecule is CC(C)C[C@@H](NC(=O)CSc1nncn1C(C)C)c1ccccc1. The lowest BCUT2D eigenvalue weighted by molar-refractivity contribution is -0.119. The van der Waals surface area contributed by atoms with Gasteiger partial charge in [-0.05, 0) is 31.7 Å². The van der Waals surface area contributed by atoms with Gasteiger partial charge in [0.25, 0.3) is 0 Å². The van der Waals surface area contributed by atoms with E-state index in [1.165, 1.54) is 11.8 Å². The highest BCUT2D eigenvalue weighted by atomic mass is 32.2. The van der Waals surface area contributed by atoms with Gasteiger partial charge in [0.2, 0.25) is 5.91 Å². The van der Waals surface area contributed by atoms with Gasteiger partial charge in [0.1, 0.15) is 6.33 Å². The lowest BCUT2D eigenvalue weighted by atomic mass is 9.97. The number of rotatable bonds is 8. The number of amides is 1. The molecule has 0 fully saturated rings. The molecule has 1 N–H and O–H groups in total. The van der Waals surface area contributed by atoms with Crippen molar-refractivity contribution in [2.75, 3.05) is 5.75 Å². The van der Waals surface area contributed by atoms with Crippen LogP contribution in [0.1, 0.15) is 51.8 Å². The van der Waals surface area contributed by atoms with Crippen molar-refractivity contribution in [3.63, 3.8) is 0 Å². The predicted octanol–water partition coefficient (Wildman–Crippen LogP) is 3.85. The average Bonchev–Trinajstić information content (AvgIpc) is 3.01. The summed E-state index contributed by atoms with van der Waals surface area (Å²) in [6.07, 6.45) is 2.62. The van der Waals surface area contributed by atoms with Gasteiger partial charge in [-0.3, -0.25) is 4.79 Å². The summed E-state index contributed by atoms with van der Waals surface area (Å²) in [5.74, 6) is 0.868. The predicted molar refractivity (Wildman–Crippen MR) is 97.9 cm³/mol. The smallest absolute Gasteiger partial charge is 0.230 e. The second-order valence-electron chi connectivity index (χ2n) is 6.56. The Morgan fingerprint density at radius 1 is 1.21 bits per heavy atom. The summed E-state index contributed by atoms with van der Waals surface area (Å²) in [7, 11) is 0. The van der Waals surface area contributed by atoms with Crippen LogP contribution in [-0.4, -0.2) is 26.4 Å². The van der Waals surface area contributed by atoms with Crippen LogP contribution in [0.5, 0.6) is 0 Å². The van der Waals surface area contributed by atoms with Crippen LogP contribution in [0.15, 0.2) is 41.8 Å². The van der Waals surface area contributed by atoms with E-state index < -0.39 is 0 Å². The molecule has 0 aliphatic rings. The van der Waals surface area contributed by atoms with Crippen molar-refractivity contribution in [3.8, 4) is 0 Å². The van der Waals surface area contributed by atoms with Gasteiger partial charge < -0.3 is 9.88 Å². The molecule has 6 heteroatoms. The molecule has 2 aromatic rings. The van der Waals surface area contributed by atoms with E-state index in [2.05, 4.69) is 55.3 Å². The standard InChI is InChI=1S/C18H26N4OS/c1-13(2)10-16(15-8-6-5-7-9-15)20-17(23)11-24-18-21-19-12-22(18)14(3)4/h5-9,12-14,16H,10-11H2,1-4H3,(H,20,23)/t16-/m1/s1. The minimum Gasteiger partial charge on any atom is -0.349 e. The van der Waals surface area contributed by atoms with E-state index in [-0.39, 0.29) is 18.0 Å². The second kappa shape index (κ2) is 8.87. The van der Waals surface area contributed by atoms with Gasteiger partial charge in [-0.25, -0.2) is 0 Å². The van der Waals surface area contributed by atoms with Gasteiger partial charge >= 0.3 is 0 Å². The zero-order valence-electron chi connectivity index (χ0n) is 14.8. The molecule has 2 rings (SSSR count). The largest absolute Gasteiger partial charge is 0.349 e. The highest BCUT2D eigenvalue weighted by molar-refractivity contribution is 7.99. The Balaban J connectivity index is 1.96. The van der Waals surface area contributed by atoms with Crippen LogP contribution in [0.3, 0.4) is 0 Å². The molecule has 130 valence electrons. The number of nitrogens with zero attached hydrogens (tertiary/aromatic N) is 3. The summed E-state index contributed by atoms with van der Waals surface area (Å²) in [6, 6.07) is 10.5. The fourth-order valence-electron chi connectivity index (χ4n) is 2.49. The van der Waals surface area contributed by atoms with Gasteiger partial charge in [-0.1, -0.05) is 55.9 Å². The van der Waals surface area contributed by atoms with Crippen molar-refractivity contribution in [2.24, 2.45) is 5.92 Å². The summed E-state index contributed by atoms with van der Waals surface area (Å²) in [5.41, 5.74) is 1.15. The number of carbonyl (C=O) groups is 1. The number of thioether (sulfide) groups is 1. The van der Waals surface area contributed by atoms with Crippen LogP contribution in [0.25, 0.3) is 0 Å². The van der Waals surface area contributed by atoms with E-state index in [1.54, 1.807) is 6.33 Å². The number of hydrogen-bond acceptors (Lipinski definition) is 4. The molecule has 1 aromatic heterocycles. The molecular formula is C18H26N4OS. The van der Waals surface area contributed by atoms with Crippen molar-refractivity contribution >= 4 is 17.7 Å². The maximum Gasteiger partial charge on any atom is 0.230 e. The Kier molecular flexibility index (Phi) is 6.85. The van der Waals surface area contributed by atoms with Gasteiger partial charge in [0, 0.05) is 6.04 Å². The summed E-state index contributed by atoms with van der Waals surface area (Å²) in [6.45, 7) is 8.48. The first-order chi connectivity index (χ1) is 11.5. The fourth-order valence-corrected chi connectivity index (χ4v) is 3.35. The van der Waals surface area contributed by atoms with Crippen LogP contribution in [0, 0.1) is 5.92 Å². The summed E-state index contributed by atoms with van der Waals surface area (Å²) in [5, 5.41) is 12.0. The first-order valence-electron chi connectivity index (χ1n) is 8.34. The summed E-state index contributed by atoms with van der Waals surface area (Å²) < 4.78 is 1.97. The van der Waals surface area contributed by atoms with Crippen LogP contribution in [0.2, 0.25) is 0 Å². The second-order valence-corrected chi connectivity index (χ2v) is 7.51. The van der Waals surface area contributed by atoms with Gasteiger partial charge in [-0.15, -0.1) is 10.2 Å². The topological polar surface area (TPSA) is 59.8 Å². The Morgan fingerprint density at radius 3 is 2.54 bits per heavy atom. The Morgan fingerprint density at radius 2 is 1.92 bits per heavy atom. The van der Waals surface area contributed by atoms with E-state index in [0.29, 0.717) is 11.7 Å². The van der Waals surface area contributed by atoms with Crippen LogP contribution in [0.4, 0.5) is 0 Å². The number of nitrogens with one attached hydrogen (secondary N) is 1. The minimum atomic E-state index is 0.0211. The number of aromatic nitrogens is 3. The fraction of sp³-hybridized carbons (Fsp3) is 0.500. The molecular weight excluding hydrogens is 320 g/mol. The number of hydrogen-bond donors (Lipinski definition) is 1. The molecule has 0 saturated heterocycles. The molecule has 0 radical (unpaired) electrons. The lowest BCUT2D eigenvalue weighted by Crippen LogP contribution is -2.31. The highest BCUT2D eigenvalue weighted by Crippen LogP contribution is 2.22. The molecule has 1 heterocycles. The van der Waals surface area contributed by atoms with Crippen molar-refractivity contribution in [1.82, 2.24) is 20.1 Å². The molecule has 5 nitrogen and oxygen atoms in total. The van der Waals surface area contributed by atoms with Crippen LogP contribution >= 0.6 is 11.8 Å². The Bertz CT molecular complexity index is 639.